The lowest BCUT2D eigenvalue weighted by molar-refractivity contribution is -0.137. The Bertz CT molecular complexity index is 1510. The van der Waals surface area contributed by atoms with Crippen LogP contribution in [0.15, 0.2) is 78.9 Å². The van der Waals surface area contributed by atoms with Crippen molar-refractivity contribution in [3.05, 3.63) is 118 Å². The van der Waals surface area contributed by atoms with Crippen molar-refractivity contribution in [2.24, 2.45) is 0 Å². The number of aliphatic hydroxyl groups excluding tert-OH is 1. The Morgan fingerprint density at radius 1 is 0.707 bits per heavy atom. The molecular formula is C35H37F3N2O. The van der Waals surface area contributed by atoms with Gasteiger partial charge in [0, 0.05) is 19.6 Å². The molecule has 0 aliphatic carbocycles. The Morgan fingerprint density at radius 3 is 2.07 bits per heavy atom. The summed E-state index contributed by atoms with van der Waals surface area (Å²) in [5.74, 6) is 0. The lowest BCUT2D eigenvalue weighted by Crippen LogP contribution is -2.18. The zero-order valence-electron chi connectivity index (χ0n) is 23.8. The Hall–Kier alpha value is -3.71. The van der Waals surface area contributed by atoms with Crippen molar-refractivity contribution in [2.75, 3.05) is 19.7 Å². The lowest BCUT2D eigenvalue weighted by atomic mass is 9.89. The van der Waals surface area contributed by atoms with Crippen molar-refractivity contribution in [3.8, 4) is 22.3 Å². The number of nitrogens with one attached hydrogen (secondary N) is 2. The molecule has 0 aliphatic heterocycles. The third-order valence-electron chi connectivity index (χ3n) is 7.30. The molecule has 3 N–H and O–H groups in total. The van der Waals surface area contributed by atoms with Gasteiger partial charge in [0.15, 0.2) is 0 Å². The molecule has 3 nitrogen and oxygen atoms in total. The van der Waals surface area contributed by atoms with Crippen LogP contribution in [0.25, 0.3) is 34.4 Å². The molecule has 0 aliphatic rings. The van der Waals surface area contributed by atoms with Crippen molar-refractivity contribution in [2.45, 2.75) is 40.0 Å². The summed E-state index contributed by atoms with van der Waals surface area (Å²) < 4.78 is 41.4. The van der Waals surface area contributed by atoms with Gasteiger partial charge in [-0.2, -0.15) is 13.2 Å². The summed E-state index contributed by atoms with van der Waals surface area (Å²) >= 11 is 0. The predicted octanol–water partition coefficient (Wildman–Crippen LogP) is 8.02. The third kappa shape index (κ3) is 7.53. The van der Waals surface area contributed by atoms with Gasteiger partial charge >= 0.3 is 6.18 Å². The zero-order valence-corrected chi connectivity index (χ0v) is 23.8. The number of rotatable bonds is 11. The molecular weight excluding hydrogens is 521 g/mol. The van der Waals surface area contributed by atoms with E-state index in [0.29, 0.717) is 13.1 Å². The monoisotopic (exact) mass is 558 g/mol. The summed E-state index contributed by atoms with van der Waals surface area (Å²) in [5, 5.41) is 15.4. The van der Waals surface area contributed by atoms with Crippen molar-refractivity contribution < 1.29 is 18.3 Å². The average molecular weight is 559 g/mol. The fourth-order valence-corrected chi connectivity index (χ4v) is 5.09. The smallest absolute Gasteiger partial charge is 0.395 e. The third-order valence-corrected chi connectivity index (χ3v) is 7.30. The van der Waals surface area contributed by atoms with Gasteiger partial charge in [-0.1, -0.05) is 79.7 Å². The van der Waals surface area contributed by atoms with Crippen molar-refractivity contribution in [3.63, 3.8) is 0 Å². The summed E-state index contributed by atoms with van der Waals surface area (Å²) in [5.41, 5.74) is 8.85. The Kier molecular flexibility index (Phi) is 10.2. The largest absolute Gasteiger partial charge is 0.416 e. The quantitative estimate of drug-likeness (QED) is 0.129. The molecule has 0 amide bonds. The van der Waals surface area contributed by atoms with E-state index in [-0.39, 0.29) is 12.2 Å². The Balaban J connectivity index is 1.69. The van der Waals surface area contributed by atoms with Gasteiger partial charge in [0.1, 0.15) is 0 Å². The molecule has 4 aromatic rings. The minimum absolute atomic E-state index is 0.0335. The number of alkyl halides is 3. The molecule has 0 radical (unpaired) electrons. The normalized spacial score (nSPS) is 11.9. The number of benzene rings is 4. The fraction of sp³-hybridized carbons (Fsp3) is 0.257. The standard InChI is InChI=1S/C35H37F3N2O/c1-4-39-22-26-8-5-10-29(20-26)31-11-7-13-33(25(31)3)32-12-6-9-28(24(32)2)15-16-30-21-27(23-40-18-19-41)14-17-34(30)35(36,37)38/h5-17,20-21,39-41H,4,18-19,22-23H2,1-3H3/b16-15+. The van der Waals surface area contributed by atoms with E-state index in [1.807, 2.05) is 19.1 Å². The Morgan fingerprint density at radius 2 is 1.34 bits per heavy atom. The van der Waals surface area contributed by atoms with E-state index in [1.54, 1.807) is 18.2 Å². The number of aliphatic hydroxyl groups is 1. The first-order chi connectivity index (χ1) is 19.7. The van der Waals surface area contributed by atoms with Crippen LogP contribution in [-0.4, -0.2) is 24.8 Å². The maximum Gasteiger partial charge on any atom is 0.416 e. The lowest BCUT2D eigenvalue weighted by Gasteiger charge is -2.16. The van der Waals surface area contributed by atoms with Crippen LogP contribution in [0.5, 0.6) is 0 Å². The van der Waals surface area contributed by atoms with Crippen molar-refractivity contribution >= 4 is 12.2 Å². The van der Waals surface area contributed by atoms with Gasteiger partial charge in [-0.05, 0) is 94.2 Å². The summed E-state index contributed by atoms with van der Waals surface area (Å²) in [4.78, 5) is 0. The molecule has 0 unspecified atom stereocenters. The highest BCUT2D eigenvalue weighted by Crippen LogP contribution is 2.36. The van der Waals surface area contributed by atoms with Crippen LogP contribution >= 0.6 is 0 Å². The van der Waals surface area contributed by atoms with Gasteiger partial charge in [0.25, 0.3) is 0 Å². The van der Waals surface area contributed by atoms with Gasteiger partial charge in [0.05, 0.1) is 12.2 Å². The predicted molar refractivity (Wildman–Crippen MR) is 163 cm³/mol. The highest BCUT2D eigenvalue weighted by molar-refractivity contribution is 5.83. The molecule has 0 saturated heterocycles. The van der Waals surface area contributed by atoms with E-state index >= 15 is 0 Å². The summed E-state index contributed by atoms with van der Waals surface area (Å²) in [6.07, 6.45) is -1.16. The van der Waals surface area contributed by atoms with Gasteiger partial charge in [0.2, 0.25) is 0 Å². The Labute approximate surface area is 240 Å². The molecule has 41 heavy (non-hydrogen) atoms. The van der Waals surface area contributed by atoms with Crippen LogP contribution in [0.4, 0.5) is 13.2 Å². The molecule has 6 heteroatoms. The molecule has 4 aromatic carbocycles. The second-order valence-corrected chi connectivity index (χ2v) is 10.1. The van der Waals surface area contributed by atoms with E-state index in [4.69, 9.17) is 5.11 Å². The van der Waals surface area contributed by atoms with Crippen molar-refractivity contribution in [1.29, 1.82) is 0 Å². The van der Waals surface area contributed by atoms with Crippen LogP contribution in [0.2, 0.25) is 0 Å². The molecule has 0 heterocycles. The summed E-state index contributed by atoms with van der Waals surface area (Å²) in [7, 11) is 0. The van der Waals surface area contributed by atoms with E-state index < -0.39 is 11.7 Å². The number of hydrogen-bond acceptors (Lipinski definition) is 3. The minimum Gasteiger partial charge on any atom is -0.395 e. The molecule has 0 atom stereocenters. The molecule has 4 rings (SSSR count). The van der Waals surface area contributed by atoms with Crippen LogP contribution in [-0.2, 0) is 19.3 Å². The molecule has 0 fully saturated rings. The van der Waals surface area contributed by atoms with Crippen LogP contribution in [0.3, 0.4) is 0 Å². The average Bonchev–Trinajstić information content (AvgIpc) is 2.96. The summed E-state index contributed by atoms with van der Waals surface area (Å²) in [6, 6.07) is 24.9. The van der Waals surface area contributed by atoms with Crippen LogP contribution in [0, 0.1) is 13.8 Å². The van der Waals surface area contributed by atoms with E-state index in [0.717, 1.165) is 63.7 Å². The second-order valence-electron chi connectivity index (χ2n) is 10.1. The van der Waals surface area contributed by atoms with Gasteiger partial charge in [-0.15, -0.1) is 0 Å². The van der Waals surface area contributed by atoms with Crippen LogP contribution < -0.4 is 10.6 Å². The van der Waals surface area contributed by atoms with Gasteiger partial charge < -0.3 is 15.7 Å². The maximum absolute atomic E-state index is 13.8. The van der Waals surface area contributed by atoms with Crippen molar-refractivity contribution in [1.82, 2.24) is 10.6 Å². The molecule has 214 valence electrons. The highest BCUT2D eigenvalue weighted by Gasteiger charge is 2.32. The maximum atomic E-state index is 13.8. The summed E-state index contributed by atoms with van der Waals surface area (Å²) in [6.45, 7) is 8.67. The topological polar surface area (TPSA) is 44.3 Å². The second kappa shape index (κ2) is 13.8. The molecule has 0 bridgehead atoms. The van der Waals surface area contributed by atoms with Gasteiger partial charge in [-0.25, -0.2) is 0 Å². The first kappa shape index (κ1) is 30.3. The van der Waals surface area contributed by atoms with E-state index in [1.165, 1.54) is 11.6 Å². The zero-order chi connectivity index (χ0) is 29.4. The van der Waals surface area contributed by atoms with Gasteiger partial charge in [-0.3, -0.25) is 0 Å². The van der Waals surface area contributed by atoms with Crippen LogP contribution in [0.1, 0.15) is 45.9 Å². The fourth-order valence-electron chi connectivity index (χ4n) is 5.09. The van der Waals surface area contributed by atoms with E-state index in [9.17, 15) is 13.2 Å². The number of halogens is 3. The minimum atomic E-state index is -4.46. The first-order valence-corrected chi connectivity index (χ1v) is 13.9. The van der Waals surface area contributed by atoms with E-state index in [2.05, 4.69) is 73.0 Å². The first-order valence-electron chi connectivity index (χ1n) is 13.9. The molecule has 0 saturated carbocycles. The molecule has 0 aromatic heterocycles. The SMILES string of the molecule is CCNCc1cccc(-c2cccc(-c3cccc(/C=C/c4cc(CNCCO)ccc4C(F)(F)F)c3C)c2C)c1. The molecule has 0 spiro atoms. The highest BCUT2D eigenvalue weighted by atomic mass is 19.4. The number of hydrogen-bond donors (Lipinski definition) is 3.